The van der Waals surface area contributed by atoms with Crippen LogP contribution >= 0.6 is 45.3 Å². The van der Waals surface area contributed by atoms with Gasteiger partial charge in [-0.05, 0) is 54.8 Å². The Morgan fingerprint density at radius 2 is 1.06 bits per heavy atom. The lowest BCUT2D eigenvalue weighted by Gasteiger charge is -1.97. The molecule has 5 aromatic rings. The molecule has 182 valence electrons. The van der Waals surface area contributed by atoms with Crippen molar-refractivity contribution in [2.75, 3.05) is 0 Å². The van der Waals surface area contributed by atoms with Gasteiger partial charge in [-0.25, -0.2) is 8.78 Å². The Morgan fingerprint density at radius 1 is 0.556 bits per heavy atom. The smallest absolute Gasteiger partial charge is 0.143 e. The average molecular weight is 551 g/mol. The Bertz CT molecular complexity index is 1540. The minimum atomic E-state index is -0.376. The van der Waals surface area contributed by atoms with Gasteiger partial charge in [-0.3, -0.25) is 0 Å². The van der Waals surface area contributed by atoms with Crippen molar-refractivity contribution in [2.24, 2.45) is 0 Å². The average Bonchev–Trinajstić information content (AvgIpc) is 3.64. The summed E-state index contributed by atoms with van der Waals surface area (Å²) < 4.78 is 30.0. The predicted molar refractivity (Wildman–Crippen MR) is 156 cm³/mol. The van der Waals surface area contributed by atoms with Gasteiger partial charge in [-0.1, -0.05) is 67.9 Å². The van der Waals surface area contributed by atoms with Crippen molar-refractivity contribution >= 4 is 45.3 Å². The quantitative estimate of drug-likeness (QED) is 0.204. The minimum absolute atomic E-state index is 0.363. The van der Waals surface area contributed by atoms with Crippen molar-refractivity contribution in [3.63, 3.8) is 0 Å². The molecule has 1 aromatic carbocycles. The summed E-state index contributed by atoms with van der Waals surface area (Å²) in [5.74, 6) is -0.314. The second kappa shape index (κ2) is 10.8. The molecular formula is C30H24F2S4. The summed E-state index contributed by atoms with van der Waals surface area (Å²) in [7, 11) is 0. The summed E-state index contributed by atoms with van der Waals surface area (Å²) >= 11 is 5.92. The lowest BCUT2D eigenvalue weighted by molar-refractivity contribution is 0.624. The minimum Gasteiger partial charge on any atom is -0.205 e. The molecule has 0 saturated carbocycles. The van der Waals surface area contributed by atoms with E-state index in [1.165, 1.54) is 45.2 Å². The molecule has 5 rings (SSSR count). The summed E-state index contributed by atoms with van der Waals surface area (Å²) in [6.45, 7) is 6.36. The molecular weight excluding hydrogens is 527 g/mol. The highest BCUT2D eigenvalue weighted by Gasteiger charge is 2.21. The molecule has 0 fully saturated rings. The SMILES string of the molecule is Cc1ccccc(-c2ccc(-c3cc(F)c(-c4sc(-c5ccc(C(C)C)s5)cc4F)s3)s2)cccc1. The maximum Gasteiger partial charge on any atom is 0.143 e. The number of thiophene rings is 4. The monoisotopic (exact) mass is 550 g/mol. The van der Waals surface area contributed by atoms with E-state index in [9.17, 15) is 4.39 Å². The van der Waals surface area contributed by atoms with Crippen molar-refractivity contribution in [3.05, 3.63) is 107 Å². The molecule has 36 heavy (non-hydrogen) atoms. The van der Waals surface area contributed by atoms with Crippen LogP contribution < -0.4 is 0 Å². The maximum atomic E-state index is 15.1. The standard InChI is InChI=1S/C30H24F2S4/c1-18(2)23-12-14-25(33-23)27-16-21(31)29(35-27)30-22(32)17-28(36-30)26-15-13-24(34-26)20-10-6-4-8-19(3)9-5-7-11-20/h4-18H,1-3H3. The first-order valence-corrected chi connectivity index (χ1v) is 14.9. The number of halogens is 2. The van der Waals surface area contributed by atoms with E-state index in [-0.39, 0.29) is 11.6 Å². The van der Waals surface area contributed by atoms with E-state index in [0.717, 1.165) is 29.9 Å². The first-order chi connectivity index (χ1) is 17.4. The number of hydrogen-bond acceptors (Lipinski definition) is 4. The summed E-state index contributed by atoms with van der Waals surface area (Å²) in [6.07, 6.45) is 0. The van der Waals surface area contributed by atoms with Crippen LogP contribution in [0.2, 0.25) is 0 Å². The van der Waals surface area contributed by atoms with E-state index in [4.69, 9.17) is 0 Å². The molecule has 0 saturated heterocycles. The number of aryl methyl sites for hydroxylation is 1. The van der Waals surface area contributed by atoms with Crippen LogP contribution in [0.25, 0.3) is 39.7 Å². The molecule has 0 aliphatic carbocycles. The molecule has 4 aromatic heterocycles. The van der Waals surface area contributed by atoms with Crippen molar-refractivity contribution in [2.45, 2.75) is 26.7 Å². The first kappa shape index (κ1) is 25.0. The molecule has 4 heterocycles. The predicted octanol–water partition coefficient (Wildman–Crippen LogP) is 11.4. The largest absolute Gasteiger partial charge is 0.205 e. The third-order valence-electron chi connectivity index (χ3n) is 5.64. The lowest BCUT2D eigenvalue weighted by atomic mass is 10.2. The van der Waals surface area contributed by atoms with Crippen molar-refractivity contribution < 1.29 is 8.78 Å². The van der Waals surface area contributed by atoms with E-state index in [2.05, 4.69) is 57.2 Å². The van der Waals surface area contributed by atoms with Gasteiger partial charge in [-0.15, -0.1) is 45.3 Å². The molecule has 0 atom stereocenters. The van der Waals surface area contributed by atoms with Gasteiger partial charge in [0.25, 0.3) is 0 Å². The first-order valence-electron chi connectivity index (χ1n) is 11.6. The molecule has 0 unspecified atom stereocenters. The van der Waals surface area contributed by atoms with Crippen LogP contribution in [0.1, 0.15) is 30.2 Å². The Morgan fingerprint density at radius 3 is 1.61 bits per heavy atom. The van der Waals surface area contributed by atoms with Gasteiger partial charge in [-0.2, -0.15) is 0 Å². The van der Waals surface area contributed by atoms with Gasteiger partial charge < -0.3 is 0 Å². The van der Waals surface area contributed by atoms with Crippen LogP contribution in [0.5, 0.6) is 0 Å². The van der Waals surface area contributed by atoms with Gasteiger partial charge in [0.05, 0.1) is 9.75 Å². The van der Waals surface area contributed by atoms with E-state index < -0.39 is 0 Å². The van der Waals surface area contributed by atoms with Crippen molar-refractivity contribution in [1.29, 1.82) is 0 Å². The zero-order valence-electron chi connectivity index (χ0n) is 20.0. The van der Waals surface area contributed by atoms with Crippen LogP contribution in [0, 0.1) is 18.6 Å². The molecule has 0 aliphatic rings. The third kappa shape index (κ3) is 5.37. The van der Waals surface area contributed by atoms with Gasteiger partial charge in [0.1, 0.15) is 11.6 Å². The molecule has 0 aliphatic heterocycles. The van der Waals surface area contributed by atoms with E-state index in [1.54, 1.807) is 22.7 Å². The van der Waals surface area contributed by atoms with Gasteiger partial charge >= 0.3 is 0 Å². The Hall–Kier alpha value is -2.64. The highest BCUT2D eigenvalue weighted by atomic mass is 32.1. The van der Waals surface area contributed by atoms with Crippen LogP contribution in [0.15, 0.2) is 84.9 Å². The van der Waals surface area contributed by atoms with Gasteiger partial charge in [0, 0.05) is 29.3 Å². The van der Waals surface area contributed by atoms with Crippen LogP contribution in [0.3, 0.4) is 0 Å². The molecule has 0 amide bonds. The highest BCUT2D eigenvalue weighted by Crippen LogP contribution is 2.47. The van der Waals surface area contributed by atoms with Crippen LogP contribution in [0.4, 0.5) is 8.78 Å². The molecule has 0 bridgehead atoms. The maximum absolute atomic E-state index is 15.1. The van der Waals surface area contributed by atoms with E-state index >= 15 is 4.39 Å². The fraction of sp³-hybridized carbons (Fsp3) is 0.133. The normalized spacial score (nSPS) is 11.2. The van der Waals surface area contributed by atoms with Gasteiger partial charge in [0.2, 0.25) is 0 Å². The molecule has 6 heteroatoms. The summed E-state index contributed by atoms with van der Waals surface area (Å²) in [6, 6.07) is 27.7. The second-order valence-corrected chi connectivity index (χ2v) is 13.0. The zero-order chi connectivity index (χ0) is 25.2. The Balaban J connectivity index is 1.46. The van der Waals surface area contributed by atoms with Crippen LogP contribution in [-0.4, -0.2) is 0 Å². The molecule has 0 radical (unpaired) electrons. The van der Waals surface area contributed by atoms with Crippen LogP contribution in [-0.2, 0) is 0 Å². The Kier molecular flexibility index (Phi) is 7.49. The number of rotatable bonds is 5. The second-order valence-electron chi connectivity index (χ2n) is 8.73. The summed E-state index contributed by atoms with van der Waals surface area (Å²) in [4.78, 5) is 6.74. The topological polar surface area (TPSA) is 0 Å². The molecule has 0 spiro atoms. The Labute approximate surface area is 226 Å². The fourth-order valence-corrected chi connectivity index (χ4v) is 8.11. The zero-order valence-corrected chi connectivity index (χ0v) is 23.3. The van der Waals surface area contributed by atoms with Crippen molar-refractivity contribution in [1.82, 2.24) is 0 Å². The molecule has 0 N–H and O–H groups in total. The summed E-state index contributed by atoms with van der Waals surface area (Å²) in [5, 5.41) is 0. The highest BCUT2D eigenvalue weighted by molar-refractivity contribution is 7.29. The molecule has 0 nitrogen and oxygen atoms in total. The lowest BCUT2D eigenvalue weighted by Crippen LogP contribution is -1.77. The van der Waals surface area contributed by atoms with Crippen molar-refractivity contribution in [3.8, 4) is 39.7 Å². The van der Waals surface area contributed by atoms with E-state index in [0.29, 0.717) is 15.7 Å². The van der Waals surface area contributed by atoms with E-state index in [1.807, 2.05) is 36.4 Å². The third-order valence-corrected chi connectivity index (χ3v) is 10.9. The van der Waals surface area contributed by atoms with Gasteiger partial charge in [0.15, 0.2) is 0 Å². The summed E-state index contributed by atoms with van der Waals surface area (Å²) in [5.41, 5.74) is 2.27. The number of hydrogen-bond donors (Lipinski definition) is 0. The fourth-order valence-electron chi connectivity index (χ4n) is 3.72.